The molecule has 104 valence electrons. The van der Waals surface area contributed by atoms with Crippen LogP contribution in [0.25, 0.3) is 0 Å². The van der Waals surface area contributed by atoms with Crippen molar-refractivity contribution in [2.45, 2.75) is 25.7 Å². The van der Waals surface area contributed by atoms with Gasteiger partial charge in [0.15, 0.2) is 5.17 Å². The Labute approximate surface area is 118 Å². The molecule has 0 spiro atoms. The van der Waals surface area contributed by atoms with Crippen LogP contribution in [0.5, 0.6) is 0 Å². The molecule has 1 saturated heterocycles. The lowest BCUT2D eigenvalue weighted by Gasteiger charge is -2.25. The molecule has 1 aromatic rings. The second-order valence-corrected chi connectivity index (χ2v) is 4.92. The second-order valence-electron chi connectivity index (χ2n) is 4.56. The fourth-order valence-corrected chi connectivity index (χ4v) is 2.24. The van der Waals surface area contributed by atoms with Crippen molar-refractivity contribution in [3.8, 4) is 0 Å². The van der Waals surface area contributed by atoms with Gasteiger partial charge >= 0.3 is 0 Å². The third-order valence-electron chi connectivity index (χ3n) is 3.08. The van der Waals surface area contributed by atoms with Crippen LogP contribution in [0.2, 0.25) is 0 Å². The third kappa shape index (κ3) is 5.12. The van der Waals surface area contributed by atoms with E-state index in [0.717, 1.165) is 13.0 Å². The van der Waals surface area contributed by atoms with E-state index >= 15 is 0 Å². The Morgan fingerprint density at radius 3 is 2.89 bits per heavy atom. The zero-order chi connectivity index (χ0) is 13.3. The molecule has 19 heavy (non-hydrogen) atoms. The number of likely N-dealkylation sites (tertiary alicyclic amines) is 1. The van der Waals surface area contributed by atoms with Crippen molar-refractivity contribution in [3.05, 3.63) is 24.3 Å². The molecular weight excluding hydrogens is 264 g/mol. The molecule has 1 aliphatic rings. The summed E-state index contributed by atoms with van der Waals surface area (Å²) in [6, 6.07) is 0. The van der Waals surface area contributed by atoms with E-state index < -0.39 is 0 Å². The van der Waals surface area contributed by atoms with E-state index in [1.54, 1.807) is 18.6 Å². The van der Waals surface area contributed by atoms with E-state index in [0.29, 0.717) is 12.3 Å². The zero-order valence-corrected chi connectivity index (χ0v) is 11.7. The van der Waals surface area contributed by atoms with Crippen LogP contribution in [-0.2, 0) is 4.84 Å². The summed E-state index contributed by atoms with van der Waals surface area (Å²) in [5.74, 6) is 0. The first-order chi connectivity index (χ1) is 9.36. The van der Waals surface area contributed by atoms with Crippen LogP contribution < -0.4 is 0 Å². The van der Waals surface area contributed by atoms with Crippen LogP contribution in [0.15, 0.2) is 23.7 Å². The molecule has 1 aromatic heterocycles. The summed E-state index contributed by atoms with van der Waals surface area (Å²) in [4.78, 5) is 15.6. The highest BCUT2D eigenvalue weighted by atomic mass is 35.5. The molecular formula is C13H19ClN4O. The topological polar surface area (TPSA) is 50.6 Å². The van der Waals surface area contributed by atoms with Gasteiger partial charge in [0, 0.05) is 18.9 Å². The standard InChI is InChI=1S/C13H19ClN4O/c14-13(12-11-15-5-6-16-12)17-19-10-4-9-18-7-2-1-3-8-18/h5-6,11H,1-4,7-10H2. The highest BCUT2D eigenvalue weighted by molar-refractivity contribution is 6.69. The van der Waals surface area contributed by atoms with Gasteiger partial charge in [0.05, 0.1) is 6.20 Å². The van der Waals surface area contributed by atoms with Gasteiger partial charge in [0.2, 0.25) is 0 Å². The maximum atomic E-state index is 5.95. The second kappa shape index (κ2) is 8.07. The van der Waals surface area contributed by atoms with Gasteiger partial charge in [-0.1, -0.05) is 23.2 Å². The Kier molecular flexibility index (Phi) is 6.04. The molecule has 5 nitrogen and oxygen atoms in total. The smallest absolute Gasteiger partial charge is 0.195 e. The largest absolute Gasteiger partial charge is 0.394 e. The predicted octanol–water partition coefficient (Wildman–Crippen LogP) is 2.27. The molecule has 2 heterocycles. The van der Waals surface area contributed by atoms with E-state index in [-0.39, 0.29) is 5.17 Å². The van der Waals surface area contributed by atoms with E-state index in [4.69, 9.17) is 16.4 Å². The van der Waals surface area contributed by atoms with Gasteiger partial charge in [-0.2, -0.15) is 0 Å². The predicted molar refractivity (Wildman–Crippen MR) is 75.3 cm³/mol. The molecule has 0 aliphatic carbocycles. The average Bonchev–Trinajstić information content (AvgIpc) is 2.49. The summed E-state index contributed by atoms with van der Waals surface area (Å²) < 4.78 is 0. The van der Waals surface area contributed by atoms with Crippen molar-refractivity contribution >= 4 is 16.8 Å². The molecule has 1 fully saturated rings. The third-order valence-corrected chi connectivity index (χ3v) is 3.34. The number of aromatic nitrogens is 2. The monoisotopic (exact) mass is 282 g/mol. The normalized spacial score (nSPS) is 17.4. The van der Waals surface area contributed by atoms with Crippen molar-refractivity contribution in [1.82, 2.24) is 14.9 Å². The minimum atomic E-state index is 0.242. The summed E-state index contributed by atoms with van der Waals surface area (Å²) in [7, 11) is 0. The first-order valence-corrected chi connectivity index (χ1v) is 7.08. The Hall–Kier alpha value is -1.20. The highest BCUT2D eigenvalue weighted by Gasteiger charge is 2.09. The Balaban J connectivity index is 1.63. The van der Waals surface area contributed by atoms with Crippen LogP contribution >= 0.6 is 11.6 Å². The number of halogens is 1. The number of hydrogen-bond donors (Lipinski definition) is 0. The van der Waals surface area contributed by atoms with Gasteiger partial charge in [-0.25, -0.2) is 0 Å². The maximum Gasteiger partial charge on any atom is 0.195 e. The van der Waals surface area contributed by atoms with Gasteiger partial charge in [-0.05, 0) is 32.4 Å². The van der Waals surface area contributed by atoms with Gasteiger partial charge in [-0.15, -0.1) is 0 Å². The molecule has 1 aliphatic heterocycles. The van der Waals surface area contributed by atoms with Crippen molar-refractivity contribution in [2.75, 3.05) is 26.2 Å². The number of oxime groups is 1. The lowest BCUT2D eigenvalue weighted by atomic mass is 10.1. The van der Waals surface area contributed by atoms with Crippen LogP contribution in [0.4, 0.5) is 0 Å². The van der Waals surface area contributed by atoms with Gasteiger partial charge in [0.1, 0.15) is 12.3 Å². The molecule has 0 atom stereocenters. The summed E-state index contributed by atoms with van der Waals surface area (Å²) in [5.41, 5.74) is 0.528. The first kappa shape index (κ1) is 14.2. The highest BCUT2D eigenvalue weighted by Crippen LogP contribution is 2.08. The Morgan fingerprint density at radius 1 is 1.32 bits per heavy atom. The summed E-state index contributed by atoms with van der Waals surface area (Å²) in [6.07, 6.45) is 9.69. The molecule has 6 heteroatoms. The van der Waals surface area contributed by atoms with Crippen LogP contribution in [-0.4, -0.2) is 46.3 Å². The molecule has 0 N–H and O–H groups in total. The van der Waals surface area contributed by atoms with Gasteiger partial charge in [-0.3, -0.25) is 9.97 Å². The van der Waals surface area contributed by atoms with Crippen molar-refractivity contribution in [3.63, 3.8) is 0 Å². The van der Waals surface area contributed by atoms with Crippen molar-refractivity contribution in [2.24, 2.45) is 5.16 Å². The van der Waals surface area contributed by atoms with E-state index in [2.05, 4.69) is 20.0 Å². The lowest BCUT2D eigenvalue weighted by Crippen LogP contribution is -2.31. The molecule has 0 bridgehead atoms. The molecule has 0 aromatic carbocycles. The SMILES string of the molecule is ClC(=NOCCCN1CCCCC1)c1cnccn1. The van der Waals surface area contributed by atoms with Crippen molar-refractivity contribution in [1.29, 1.82) is 0 Å². The molecule has 0 saturated carbocycles. The molecule has 2 rings (SSSR count). The van der Waals surface area contributed by atoms with Crippen LogP contribution in [0.3, 0.4) is 0 Å². The summed E-state index contributed by atoms with van der Waals surface area (Å²) >= 11 is 5.95. The summed E-state index contributed by atoms with van der Waals surface area (Å²) in [5, 5.41) is 4.08. The quantitative estimate of drug-likeness (QED) is 0.456. The van der Waals surface area contributed by atoms with Gasteiger partial charge < -0.3 is 9.74 Å². The minimum Gasteiger partial charge on any atom is -0.394 e. The van der Waals surface area contributed by atoms with Gasteiger partial charge in [0.25, 0.3) is 0 Å². The van der Waals surface area contributed by atoms with Crippen LogP contribution in [0, 0.1) is 0 Å². The Bertz CT molecular complexity index is 393. The van der Waals surface area contributed by atoms with Crippen molar-refractivity contribution < 1.29 is 4.84 Å². The van der Waals surface area contributed by atoms with Crippen LogP contribution in [0.1, 0.15) is 31.4 Å². The average molecular weight is 283 g/mol. The molecule has 0 amide bonds. The fraction of sp³-hybridized carbons (Fsp3) is 0.615. The summed E-state index contributed by atoms with van der Waals surface area (Å²) in [6.45, 7) is 4.07. The number of piperidine rings is 1. The first-order valence-electron chi connectivity index (χ1n) is 6.70. The number of hydrogen-bond acceptors (Lipinski definition) is 5. The fourth-order valence-electron chi connectivity index (χ4n) is 2.09. The number of rotatable bonds is 6. The minimum absolute atomic E-state index is 0.242. The molecule has 0 radical (unpaired) electrons. The molecule has 0 unspecified atom stereocenters. The lowest BCUT2D eigenvalue weighted by molar-refractivity contribution is 0.125. The maximum absolute atomic E-state index is 5.95. The Morgan fingerprint density at radius 2 is 2.16 bits per heavy atom. The van der Waals surface area contributed by atoms with E-state index in [1.165, 1.54) is 32.4 Å². The zero-order valence-electron chi connectivity index (χ0n) is 11.0. The number of nitrogens with zero attached hydrogens (tertiary/aromatic N) is 4. The van der Waals surface area contributed by atoms with E-state index in [9.17, 15) is 0 Å². The van der Waals surface area contributed by atoms with E-state index in [1.807, 2.05) is 0 Å².